The third-order valence-electron chi connectivity index (χ3n) is 4.18. The van der Waals surface area contributed by atoms with E-state index in [0.717, 1.165) is 27.1 Å². The van der Waals surface area contributed by atoms with Gasteiger partial charge in [0, 0.05) is 28.1 Å². The van der Waals surface area contributed by atoms with Gasteiger partial charge in [-0.15, -0.1) is 0 Å². The minimum absolute atomic E-state index is 0.262. The number of nitrogens with zero attached hydrogens (tertiary/aromatic N) is 1. The van der Waals surface area contributed by atoms with E-state index < -0.39 is 0 Å². The number of hydrogen-bond donors (Lipinski definition) is 2. The summed E-state index contributed by atoms with van der Waals surface area (Å²) in [7, 11) is 0. The van der Waals surface area contributed by atoms with Gasteiger partial charge in [-0.25, -0.2) is 9.18 Å². The number of para-hydroxylation sites is 1. The van der Waals surface area contributed by atoms with Crippen molar-refractivity contribution in [2.45, 2.75) is 20.4 Å². The molecule has 0 aliphatic rings. The number of hydrogen-bond acceptors (Lipinski definition) is 1. The first-order chi connectivity index (χ1) is 12.5. The summed E-state index contributed by atoms with van der Waals surface area (Å²) >= 11 is 3.40. The van der Waals surface area contributed by atoms with E-state index in [1.54, 1.807) is 12.1 Å². The summed E-state index contributed by atoms with van der Waals surface area (Å²) < 4.78 is 16.0. The summed E-state index contributed by atoms with van der Waals surface area (Å²) in [6, 6.07) is 15.6. The van der Waals surface area contributed by atoms with Crippen LogP contribution in [0, 0.1) is 19.7 Å². The molecule has 2 N–H and O–H groups in total. The zero-order valence-corrected chi connectivity index (χ0v) is 16.1. The number of urea groups is 1. The average Bonchev–Trinajstić information content (AvgIpc) is 2.90. The van der Waals surface area contributed by atoms with E-state index in [0.29, 0.717) is 12.2 Å². The van der Waals surface area contributed by atoms with E-state index in [2.05, 4.69) is 26.6 Å². The third kappa shape index (κ3) is 3.96. The van der Waals surface area contributed by atoms with Gasteiger partial charge in [0.1, 0.15) is 5.82 Å². The number of halogens is 2. The Bertz CT molecular complexity index is 935. The predicted molar refractivity (Wildman–Crippen MR) is 105 cm³/mol. The number of benzene rings is 2. The topological polar surface area (TPSA) is 46.1 Å². The van der Waals surface area contributed by atoms with Crippen LogP contribution in [0.3, 0.4) is 0 Å². The molecule has 3 aromatic rings. The quantitative estimate of drug-likeness (QED) is 0.595. The lowest BCUT2D eigenvalue weighted by molar-refractivity contribution is 0.251. The molecule has 0 aliphatic heterocycles. The zero-order chi connectivity index (χ0) is 18.7. The highest BCUT2D eigenvalue weighted by molar-refractivity contribution is 9.10. The minimum Gasteiger partial charge on any atom is -0.334 e. The normalized spacial score (nSPS) is 10.6. The maximum atomic E-state index is 13.2. The molecule has 26 heavy (non-hydrogen) atoms. The fourth-order valence-corrected chi connectivity index (χ4v) is 3.28. The van der Waals surface area contributed by atoms with Crippen LogP contribution in [0.25, 0.3) is 5.69 Å². The molecule has 0 bridgehead atoms. The lowest BCUT2D eigenvalue weighted by atomic mass is 10.2. The first-order valence-electron chi connectivity index (χ1n) is 8.19. The molecule has 0 fully saturated rings. The van der Waals surface area contributed by atoms with Crippen molar-refractivity contribution >= 4 is 27.6 Å². The number of aryl methyl sites for hydroxylation is 1. The number of carbonyl (C=O) groups excluding carboxylic acids is 1. The van der Waals surface area contributed by atoms with Gasteiger partial charge < -0.3 is 15.2 Å². The average molecular weight is 416 g/mol. The summed E-state index contributed by atoms with van der Waals surface area (Å²) in [5.74, 6) is -0.262. The fourth-order valence-electron chi connectivity index (χ4n) is 2.90. The van der Waals surface area contributed by atoms with Gasteiger partial charge in [0.05, 0.1) is 5.69 Å². The molecule has 0 unspecified atom stereocenters. The van der Waals surface area contributed by atoms with Crippen LogP contribution in [-0.4, -0.2) is 10.6 Å². The highest BCUT2D eigenvalue weighted by Crippen LogP contribution is 2.22. The molecular formula is C20H19BrFN3O. The summed E-state index contributed by atoms with van der Waals surface area (Å²) in [5.41, 5.74) is 4.65. The number of carbonyl (C=O) groups is 1. The molecule has 3 rings (SSSR count). The minimum atomic E-state index is -0.275. The Hall–Kier alpha value is -2.60. The molecule has 2 aromatic carbocycles. The van der Waals surface area contributed by atoms with E-state index in [-0.39, 0.29) is 11.8 Å². The van der Waals surface area contributed by atoms with Crippen molar-refractivity contribution in [3.05, 3.63) is 81.8 Å². The van der Waals surface area contributed by atoms with E-state index >= 15 is 0 Å². The molecule has 0 radical (unpaired) electrons. The largest absolute Gasteiger partial charge is 0.334 e. The molecule has 0 spiro atoms. The molecule has 0 atom stereocenters. The second-order valence-corrected chi connectivity index (χ2v) is 6.85. The van der Waals surface area contributed by atoms with Gasteiger partial charge in [-0.2, -0.15) is 0 Å². The van der Waals surface area contributed by atoms with Crippen LogP contribution >= 0.6 is 15.9 Å². The van der Waals surface area contributed by atoms with Gasteiger partial charge in [-0.3, -0.25) is 0 Å². The number of rotatable bonds is 4. The lowest BCUT2D eigenvalue weighted by Crippen LogP contribution is -2.28. The standard InChI is InChI=1S/C20H19BrFN3O/c1-13-11-15(14(2)25(13)17-9-7-16(22)8-10-17)12-23-20(26)24-19-6-4-3-5-18(19)21/h3-11H,12H2,1-2H3,(H2,23,24,26). The maximum Gasteiger partial charge on any atom is 0.319 e. The van der Waals surface area contributed by atoms with Gasteiger partial charge in [0.2, 0.25) is 0 Å². The molecule has 2 amide bonds. The molecule has 1 heterocycles. The molecule has 1 aromatic heterocycles. The molecule has 134 valence electrons. The highest BCUT2D eigenvalue weighted by atomic mass is 79.9. The highest BCUT2D eigenvalue weighted by Gasteiger charge is 2.12. The first kappa shape index (κ1) is 18.2. The molecule has 0 saturated heterocycles. The van der Waals surface area contributed by atoms with Crippen LogP contribution in [0.1, 0.15) is 17.0 Å². The molecule has 6 heteroatoms. The van der Waals surface area contributed by atoms with Crippen molar-refractivity contribution in [2.24, 2.45) is 0 Å². The Morgan fingerprint density at radius 3 is 2.50 bits per heavy atom. The number of aromatic nitrogens is 1. The number of nitrogens with one attached hydrogen (secondary N) is 2. The van der Waals surface area contributed by atoms with E-state index in [4.69, 9.17) is 0 Å². The monoisotopic (exact) mass is 415 g/mol. The van der Waals surface area contributed by atoms with Gasteiger partial charge in [-0.1, -0.05) is 12.1 Å². The number of anilines is 1. The van der Waals surface area contributed by atoms with Crippen molar-refractivity contribution < 1.29 is 9.18 Å². The summed E-state index contributed by atoms with van der Waals surface area (Å²) in [5, 5.41) is 5.69. The summed E-state index contributed by atoms with van der Waals surface area (Å²) in [6.45, 7) is 4.37. The van der Waals surface area contributed by atoms with E-state index in [1.807, 2.05) is 48.7 Å². The van der Waals surface area contributed by atoms with E-state index in [1.165, 1.54) is 12.1 Å². The Morgan fingerprint density at radius 2 is 1.81 bits per heavy atom. The van der Waals surface area contributed by atoms with Crippen LogP contribution in [0.4, 0.5) is 14.9 Å². The van der Waals surface area contributed by atoms with Crippen molar-refractivity contribution in [1.82, 2.24) is 9.88 Å². The van der Waals surface area contributed by atoms with Gasteiger partial charge in [0.15, 0.2) is 0 Å². The Labute approximate surface area is 160 Å². The SMILES string of the molecule is Cc1cc(CNC(=O)Nc2ccccc2Br)c(C)n1-c1ccc(F)cc1. The Balaban J connectivity index is 1.71. The maximum absolute atomic E-state index is 13.2. The van der Waals surface area contributed by atoms with Crippen molar-refractivity contribution in [1.29, 1.82) is 0 Å². The molecule has 0 aliphatic carbocycles. The van der Waals surface area contributed by atoms with Crippen molar-refractivity contribution in [3.63, 3.8) is 0 Å². The molecule has 0 saturated carbocycles. The van der Waals surface area contributed by atoms with Crippen LogP contribution in [-0.2, 0) is 6.54 Å². The first-order valence-corrected chi connectivity index (χ1v) is 8.98. The fraction of sp³-hybridized carbons (Fsp3) is 0.150. The summed E-state index contributed by atoms with van der Waals surface area (Å²) in [4.78, 5) is 12.2. The Kier molecular flexibility index (Phi) is 5.42. The van der Waals surface area contributed by atoms with Gasteiger partial charge >= 0.3 is 6.03 Å². The number of amides is 2. The van der Waals surface area contributed by atoms with Crippen molar-refractivity contribution in [3.8, 4) is 5.69 Å². The van der Waals surface area contributed by atoms with Crippen LogP contribution < -0.4 is 10.6 Å². The van der Waals surface area contributed by atoms with Crippen LogP contribution in [0.2, 0.25) is 0 Å². The molecular weight excluding hydrogens is 397 g/mol. The van der Waals surface area contributed by atoms with Crippen molar-refractivity contribution in [2.75, 3.05) is 5.32 Å². The predicted octanol–water partition coefficient (Wildman–Crippen LogP) is 5.32. The van der Waals surface area contributed by atoms with E-state index in [9.17, 15) is 9.18 Å². The van der Waals surface area contributed by atoms with Gasteiger partial charge in [0.25, 0.3) is 0 Å². The summed E-state index contributed by atoms with van der Waals surface area (Å²) in [6.07, 6.45) is 0. The van der Waals surface area contributed by atoms with Crippen LogP contribution in [0.5, 0.6) is 0 Å². The smallest absolute Gasteiger partial charge is 0.319 e. The van der Waals surface area contributed by atoms with Gasteiger partial charge in [-0.05, 0) is 77.8 Å². The zero-order valence-electron chi connectivity index (χ0n) is 14.5. The molecule has 4 nitrogen and oxygen atoms in total. The Morgan fingerprint density at radius 1 is 1.12 bits per heavy atom. The second kappa shape index (κ2) is 7.74. The lowest BCUT2D eigenvalue weighted by Gasteiger charge is -2.11. The third-order valence-corrected chi connectivity index (χ3v) is 4.87. The van der Waals surface area contributed by atoms with Crippen LogP contribution in [0.15, 0.2) is 59.1 Å². The second-order valence-electron chi connectivity index (χ2n) is 6.00.